The van der Waals surface area contributed by atoms with E-state index in [1.165, 1.54) is 0 Å². The number of anilines is 1. The molecule has 0 unspecified atom stereocenters. The van der Waals surface area contributed by atoms with Gasteiger partial charge in [0.05, 0.1) is 0 Å². The third-order valence-electron chi connectivity index (χ3n) is 1.54. The summed E-state index contributed by atoms with van der Waals surface area (Å²) in [7, 11) is 0. The summed E-state index contributed by atoms with van der Waals surface area (Å²) in [6.07, 6.45) is 0. The summed E-state index contributed by atoms with van der Waals surface area (Å²) in [5.41, 5.74) is 1.02. The molecule has 0 saturated carbocycles. The van der Waals surface area contributed by atoms with Crippen molar-refractivity contribution in [3.63, 3.8) is 0 Å². The van der Waals surface area contributed by atoms with Crippen LogP contribution in [0.2, 0.25) is 0 Å². The van der Waals surface area contributed by atoms with Crippen LogP contribution in [0.3, 0.4) is 0 Å². The van der Waals surface area contributed by atoms with Crippen molar-refractivity contribution in [2.45, 2.75) is 0 Å². The Hall–Kier alpha value is -1.48. The van der Waals surface area contributed by atoms with E-state index in [0.717, 1.165) is 5.69 Å². The fourth-order valence-corrected chi connectivity index (χ4v) is 2.22. The van der Waals surface area contributed by atoms with E-state index in [-0.39, 0.29) is 5.76 Å². The number of nitrogens with zero attached hydrogens (tertiary/aromatic N) is 1. The second-order valence-corrected chi connectivity index (χ2v) is 4.91. The van der Waals surface area contributed by atoms with Crippen LogP contribution < -0.4 is 5.32 Å². The Bertz CT molecular complexity index is 410. The van der Waals surface area contributed by atoms with E-state index in [2.05, 4.69) is 10.2 Å². The van der Waals surface area contributed by atoms with Gasteiger partial charge in [-0.05, 0) is 0 Å². The van der Waals surface area contributed by atoms with Gasteiger partial charge in [0.2, 0.25) is 0 Å². The van der Waals surface area contributed by atoms with E-state index in [4.69, 9.17) is 13.9 Å². The Morgan fingerprint density at radius 3 is 2.81 bits per heavy atom. The van der Waals surface area contributed by atoms with Crippen molar-refractivity contribution >= 4 is 33.1 Å². The van der Waals surface area contributed by atoms with Crippen molar-refractivity contribution in [2.24, 2.45) is 0 Å². The topological polar surface area (TPSA) is 78.1 Å². The molecule has 1 aromatic carbocycles. The quantitative estimate of drug-likeness (QED) is 0.157. The van der Waals surface area contributed by atoms with Gasteiger partial charge in [-0.25, -0.2) is 0 Å². The molecule has 16 heavy (non-hydrogen) atoms. The summed E-state index contributed by atoms with van der Waals surface area (Å²) in [6, 6.07) is 11.4. The van der Waals surface area contributed by atoms with Gasteiger partial charge in [0.1, 0.15) is 0 Å². The average molecular weight is 322 g/mol. The maximum absolute atomic E-state index is 8.39. The molecule has 0 amide bonds. The molecule has 2 radical (unpaired) electrons. The predicted octanol–water partition coefficient (Wildman–Crippen LogP) is 1.28. The van der Waals surface area contributed by atoms with Gasteiger partial charge in [-0.3, -0.25) is 0 Å². The number of nitriles is 1. The summed E-state index contributed by atoms with van der Waals surface area (Å²) in [4.78, 5) is 4.57. The number of para-hydroxylation sites is 1. The predicted molar refractivity (Wildman–Crippen MR) is 59.7 cm³/mol. The van der Waals surface area contributed by atoms with E-state index in [0.29, 0.717) is 4.56 Å². The minimum atomic E-state index is -1.19. The summed E-state index contributed by atoms with van der Waals surface area (Å²) in [5.74, 6) is 1.58. The first-order valence-electron chi connectivity index (χ1n) is 4.42. The van der Waals surface area contributed by atoms with Gasteiger partial charge in [-0.2, -0.15) is 0 Å². The van der Waals surface area contributed by atoms with E-state index in [9.17, 15) is 0 Å². The van der Waals surface area contributed by atoms with E-state index in [1.807, 2.05) is 36.2 Å². The third-order valence-corrected chi connectivity index (χ3v) is 3.03. The molecule has 0 aliphatic rings. The summed E-state index contributed by atoms with van der Waals surface area (Å²) in [5, 5.41) is 18.2. The van der Waals surface area contributed by atoms with E-state index in [1.54, 1.807) is 6.07 Å². The molecule has 0 bridgehead atoms. The van der Waals surface area contributed by atoms with Crippen molar-refractivity contribution in [3.05, 3.63) is 36.1 Å². The van der Waals surface area contributed by atoms with Crippen molar-refractivity contribution in [3.8, 4) is 6.07 Å². The molecule has 0 spiro atoms. The number of nitrogens with one attached hydrogen (secondary N) is 2. The molecule has 1 aromatic rings. The molecule has 0 fully saturated rings. The van der Waals surface area contributed by atoms with Gasteiger partial charge in [0.15, 0.2) is 0 Å². The standard InChI is InChI=1S/C7H8N.C3H2N2O2.Sn/c1-8-7-5-3-2-4-6-7;4-1-3(2-5)7-6;/h2-6,8H,1H2;4,6H;/q;;+1/p-1. The van der Waals surface area contributed by atoms with Gasteiger partial charge >= 0.3 is 104 Å². The van der Waals surface area contributed by atoms with Crippen LogP contribution in [-0.4, -0.2) is 32.0 Å². The second-order valence-electron chi connectivity index (χ2n) is 2.60. The number of hydrogen-bond donors (Lipinski definition) is 2. The van der Waals surface area contributed by atoms with Crippen LogP contribution >= 0.6 is 0 Å². The summed E-state index contributed by atoms with van der Waals surface area (Å²) >= 11 is -1.19. The second kappa shape index (κ2) is 7.76. The normalized spacial score (nSPS) is 8.69. The molecule has 0 aliphatic carbocycles. The first kappa shape index (κ1) is 12.6. The molecule has 80 valence electrons. The minimum absolute atomic E-state index is 0.249. The molecule has 0 aliphatic heterocycles. The van der Waals surface area contributed by atoms with Crippen LogP contribution in [0.5, 0.6) is 0 Å². The van der Waals surface area contributed by atoms with E-state index < -0.39 is 21.6 Å². The first-order chi connectivity index (χ1) is 7.86. The fraction of sp³-hybridized carbons (Fsp3) is 0.100. The van der Waals surface area contributed by atoms with Crippen molar-refractivity contribution in [1.82, 2.24) is 0 Å². The molecule has 0 heterocycles. The Morgan fingerprint density at radius 1 is 1.44 bits per heavy atom. The first-order valence-corrected chi connectivity index (χ1v) is 7.60. The molecular weight excluding hydrogens is 313 g/mol. The zero-order valence-electron chi connectivity index (χ0n) is 8.36. The summed E-state index contributed by atoms with van der Waals surface area (Å²) in [6.45, 7) is 0. The molecule has 1 rings (SSSR count). The molecule has 0 saturated heterocycles. The Morgan fingerprint density at radius 2 is 2.19 bits per heavy atom. The van der Waals surface area contributed by atoms with Crippen LogP contribution in [0.1, 0.15) is 0 Å². The average Bonchev–Trinajstić information content (AvgIpc) is 2.35. The van der Waals surface area contributed by atoms with Crippen molar-refractivity contribution < 1.29 is 8.11 Å². The molecule has 6 heteroatoms. The fourth-order valence-electron chi connectivity index (χ4n) is 0.862. The van der Waals surface area contributed by atoms with Gasteiger partial charge in [0.25, 0.3) is 0 Å². The Kier molecular flexibility index (Phi) is 6.11. The molecule has 0 aromatic heterocycles. The molecular formula is C10H9N3O2Sn. The SMILES string of the molecule is N#CC(=C=N)O[O][Sn][CH2]Nc1ccccc1. The van der Waals surface area contributed by atoms with Crippen LogP contribution in [0.25, 0.3) is 0 Å². The van der Waals surface area contributed by atoms with Crippen molar-refractivity contribution in [1.29, 1.82) is 10.7 Å². The monoisotopic (exact) mass is 323 g/mol. The van der Waals surface area contributed by atoms with Crippen LogP contribution in [0.15, 0.2) is 36.1 Å². The van der Waals surface area contributed by atoms with Gasteiger partial charge in [0, 0.05) is 0 Å². The zero-order chi connectivity index (χ0) is 11.6. The summed E-state index contributed by atoms with van der Waals surface area (Å²) < 4.78 is 5.58. The maximum atomic E-state index is 8.39. The number of benzene rings is 1. The van der Waals surface area contributed by atoms with Gasteiger partial charge < -0.3 is 0 Å². The number of rotatable bonds is 6. The zero-order valence-corrected chi connectivity index (χ0v) is 11.2. The number of hydrogen-bond acceptors (Lipinski definition) is 5. The Labute approximate surface area is 104 Å². The van der Waals surface area contributed by atoms with Crippen LogP contribution in [0.4, 0.5) is 5.69 Å². The van der Waals surface area contributed by atoms with Crippen LogP contribution in [0, 0.1) is 16.7 Å². The van der Waals surface area contributed by atoms with Crippen LogP contribution in [-0.2, 0) is 8.11 Å². The molecule has 2 N–H and O–H groups in total. The third kappa shape index (κ3) is 4.84. The molecule has 0 atom stereocenters. The Balaban J connectivity index is 2.14. The van der Waals surface area contributed by atoms with Crippen molar-refractivity contribution in [2.75, 3.05) is 9.88 Å². The van der Waals surface area contributed by atoms with Gasteiger partial charge in [-0.1, -0.05) is 0 Å². The molecule has 5 nitrogen and oxygen atoms in total. The van der Waals surface area contributed by atoms with Gasteiger partial charge in [-0.15, -0.1) is 0 Å². The number of allylic oxidation sites excluding steroid dienone is 1. The van der Waals surface area contributed by atoms with E-state index >= 15 is 0 Å².